The van der Waals surface area contributed by atoms with Gasteiger partial charge in [0.2, 0.25) is 0 Å². The summed E-state index contributed by atoms with van der Waals surface area (Å²) in [4.78, 5) is 2.69. The predicted octanol–water partition coefficient (Wildman–Crippen LogP) is 2.70. The van der Waals surface area contributed by atoms with Crippen LogP contribution in [0, 0.1) is 6.92 Å². The first-order valence-corrected chi connectivity index (χ1v) is 9.13. The van der Waals surface area contributed by atoms with Crippen molar-refractivity contribution < 1.29 is 8.42 Å². The summed E-state index contributed by atoms with van der Waals surface area (Å²) < 4.78 is 22.5. The number of sulfone groups is 1. The standard InChI is InChI=1S/C13H23NO2S2/c1-6-12-9(2)7-13(17-12)11(4)14-10(3)8-18(5,15)16/h7,10-11,14H,6,8H2,1-5H3/t10-,11+/m0/s1. The van der Waals surface area contributed by atoms with Crippen LogP contribution in [0.25, 0.3) is 0 Å². The summed E-state index contributed by atoms with van der Waals surface area (Å²) in [5, 5.41) is 3.35. The van der Waals surface area contributed by atoms with E-state index in [1.54, 1.807) is 0 Å². The van der Waals surface area contributed by atoms with Crippen LogP contribution in [-0.4, -0.2) is 26.5 Å². The van der Waals surface area contributed by atoms with E-state index in [9.17, 15) is 8.42 Å². The van der Waals surface area contributed by atoms with Crippen LogP contribution in [0.5, 0.6) is 0 Å². The summed E-state index contributed by atoms with van der Waals surface area (Å²) in [5.41, 5.74) is 1.34. The highest BCUT2D eigenvalue weighted by atomic mass is 32.2. The summed E-state index contributed by atoms with van der Waals surface area (Å²) in [6.07, 6.45) is 2.34. The Bertz CT molecular complexity index is 491. The zero-order valence-electron chi connectivity index (χ0n) is 11.8. The lowest BCUT2D eigenvalue weighted by Gasteiger charge is -2.18. The lowest BCUT2D eigenvalue weighted by atomic mass is 10.2. The molecule has 104 valence electrons. The van der Waals surface area contributed by atoms with E-state index in [0.29, 0.717) is 0 Å². The highest BCUT2D eigenvalue weighted by Crippen LogP contribution is 2.27. The molecular weight excluding hydrogens is 266 g/mol. The number of aryl methyl sites for hydroxylation is 2. The largest absolute Gasteiger partial charge is 0.306 e. The van der Waals surface area contributed by atoms with Gasteiger partial charge in [-0.15, -0.1) is 11.3 Å². The third-order valence-corrected chi connectivity index (χ3v) is 5.54. The zero-order chi connectivity index (χ0) is 13.9. The van der Waals surface area contributed by atoms with E-state index in [-0.39, 0.29) is 17.8 Å². The first-order valence-electron chi connectivity index (χ1n) is 6.26. The number of thiophene rings is 1. The molecule has 0 aliphatic carbocycles. The lowest BCUT2D eigenvalue weighted by molar-refractivity contribution is 0.505. The molecule has 0 radical (unpaired) electrons. The van der Waals surface area contributed by atoms with Crippen molar-refractivity contribution in [1.29, 1.82) is 0 Å². The quantitative estimate of drug-likeness (QED) is 0.876. The fraction of sp³-hybridized carbons (Fsp3) is 0.692. The van der Waals surface area contributed by atoms with Gasteiger partial charge in [-0.1, -0.05) is 6.92 Å². The van der Waals surface area contributed by atoms with Gasteiger partial charge in [0.05, 0.1) is 5.75 Å². The molecule has 1 N–H and O–H groups in total. The van der Waals surface area contributed by atoms with Crippen LogP contribution in [0.15, 0.2) is 6.07 Å². The molecule has 3 nitrogen and oxygen atoms in total. The van der Waals surface area contributed by atoms with Crippen molar-refractivity contribution in [2.75, 3.05) is 12.0 Å². The normalized spacial score (nSPS) is 15.6. The Morgan fingerprint density at radius 1 is 1.39 bits per heavy atom. The molecule has 0 saturated heterocycles. The molecule has 0 fully saturated rings. The molecule has 0 aliphatic heterocycles. The van der Waals surface area contributed by atoms with Crippen LogP contribution in [0.1, 0.15) is 42.1 Å². The highest BCUT2D eigenvalue weighted by Gasteiger charge is 2.16. The van der Waals surface area contributed by atoms with Crippen LogP contribution in [-0.2, 0) is 16.3 Å². The fourth-order valence-electron chi connectivity index (χ4n) is 2.12. The lowest BCUT2D eigenvalue weighted by Crippen LogP contribution is -2.34. The fourth-order valence-corrected chi connectivity index (χ4v) is 4.26. The maximum absolute atomic E-state index is 11.2. The number of nitrogens with one attached hydrogen (secondary N) is 1. The van der Waals surface area contributed by atoms with Crippen molar-refractivity contribution in [3.8, 4) is 0 Å². The van der Waals surface area contributed by atoms with Crippen LogP contribution in [0.2, 0.25) is 0 Å². The molecule has 0 saturated carbocycles. The summed E-state index contributed by atoms with van der Waals surface area (Å²) in [5.74, 6) is 0.183. The van der Waals surface area contributed by atoms with E-state index in [2.05, 4.69) is 32.2 Å². The van der Waals surface area contributed by atoms with Gasteiger partial charge in [0.25, 0.3) is 0 Å². The van der Waals surface area contributed by atoms with Gasteiger partial charge in [-0.25, -0.2) is 8.42 Å². The minimum Gasteiger partial charge on any atom is -0.306 e. The SMILES string of the molecule is CCc1sc([C@@H](C)N[C@@H](C)CS(C)(=O)=O)cc1C. The number of rotatable bonds is 6. The molecule has 0 aliphatic rings. The molecule has 1 rings (SSSR count). The van der Waals surface area contributed by atoms with Crippen LogP contribution in [0.3, 0.4) is 0 Å². The van der Waals surface area contributed by atoms with Gasteiger partial charge < -0.3 is 5.32 Å². The summed E-state index contributed by atoms with van der Waals surface area (Å²) >= 11 is 1.82. The summed E-state index contributed by atoms with van der Waals surface area (Å²) in [6, 6.07) is 2.38. The maximum Gasteiger partial charge on any atom is 0.148 e. The first-order chi connectivity index (χ1) is 8.23. The topological polar surface area (TPSA) is 46.2 Å². The molecule has 0 amide bonds. The second-order valence-corrected chi connectivity index (χ2v) is 8.34. The Hall–Kier alpha value is -0.390. The van der Waals surface area contributed by atoms with Crippen molar-refractivity contribution >= 4 is 21.2 Å². The minimum absolute atomic E-state index is 0.0255. The van der Waals surface area contributed by atoms with Gasteiger partial charge in [-0.05, 0) is 38.8 Å². The molecular formula is C13H23NO2S2. The van der Waals surface area contributed by atoms with Gasteiger partial charge >= 0.3 is 0 Å². The van der Waals surface area contributed by atoms with Crippen molar-refractivity contribution in [3.63, 3.8) is 0 Å². The van der Waals surface area contributed by atoms with Crippen molar-refractivity contribution in [2.45, 2.75) is 46.2 Å². The molecule has 18 heavy (non-hydrogen) atoms. The summed E-state index contributed by atoms with van der Waals surface area (Å²) in [7, 11) is -2.92. The van der Waals surface area contributed by atoms with Crippen LogP contribution in [0.4, 0.5) is 0 Å². The molecule has 2 atom stereocenters. The Balaban J connectivity index is 2.67. The monoisotopic (exact) mass is 289 g/mol. The molecule has 0 aromatic carbocycles. The number of hydrogen-bond donors (Lipinski definition) is 1. The minimum atomic E-state index is -2.92. The smallest absolute Gasteiger partial charge is 0.148 e. The van der Waals surface area contributed by atoms with E-state index in [1.165, 1.54) is 21.6 Å². The van der Waals surface area contributed by atoms with Crippen molar-refractivity contribution in [1.82, 2.24) is 5.32 Å². The van der Waals surface area contributed by atoms with Crippen molar-refractivity contribution in [2.24, 2.45) is 0 Å². The van der Waals surface area contributed by atoms with Crippen LogP contribution < -0.4 is 5.32 Å². The number of hydrogen-bond acceptors (Lipinski definition) is 4. The Labute approximate surface area is 115 Å². The Kier molecular flexibility index (Phi) is 5.37. The van der Waals surface area contributed by atoms with Gasteiger partial charge in [0, 0.05) is 28.1 Å². The van der Waals surface area contributed by atoms with E-state index < -0.39 is 9.84 Å². The van der Waals surface area contributed by atoms with E-state index in [1.807, 2.05) is 18.3 Å². The van der Waals surface area contributed by atoms with E-state index in [4.69, 9.17) is 0 Å². The van der Waals surface area contributed by atoms with Crippen molar-refractivity contribution in [3.05, 3.63) is 21.4 Å². The maximum atomic E-state index is 11.2. The Morgan fingerprint density at radius 2 is 2.00 bits per heavy atom. The molecule has 0 unspecified atom stereocenters. The summed E-state index contributed by atoms with van der Waals surface area (Å²) in [6.45, 7) is 8.29. The third kappa shape index (κ3) is 4.71. The molecule has 1 aromatic heterocycles. The predicted molar refractivity (Wildman–Crippen MR) is 79.2 cm³/mol. The van der Waals surface area contributed by atoms with Gasteiger partial charge in [0.15, 0.2) is 0 Å². The second kappa shape index (κ2) is 6.17. The van der Waals surface area contributed by atoms with Gasteiger partial charge in [-0.2, -0.15) is 0 Å². The first kappa shape index (κ1) is 15.7. The van der Waals surface area contributed by atoms with Crippen LogP contribution >= 0.6 is 11.3 Å². The average molecular weight is 289 g/mol. The van der Waals surface area contributed by atoms with E-state index in [0.717, 1.165) is 6.42 Å². The van der Waals surface area contributed by atoms with E-state index >= 15 is 0 Å². The van der Waals surface area contributed by atoms with Gasteiger partial charge in [0.1, 0.15) is 9.84 Å². The average Bonchev–Trinajstić information content (AvgIpc) is 2.56. The third-order valence-electron chi connectivity index (χ3n) is 2.87. The van der Waals surface area contributed by atoms with Gasteiger partial charge in [-0.3, -0.25) is 0 Å². The molecule has 5 heteroatoms. The molecule has 1 aromatic rings. The zero-order valence-corrected chi connectivity index (χ0v) is 13.4. The highest BCUT2D eigenvalue weighted by molar-refractivity contribution is 7.90. The molecule has 0 spiro atoms. The molecule has 0 bridgehead atoms. The second-order valence-electron chi connectivity index (χ2n) is 4.99. The molecule has 1 heterocycles. The Morgan fingerprint density at radius 3 is 2.44 bits per heavy atom.